The van der Waals surface area contributed by atoms with Crippen molar-refractivity contribution in [2.45, 2.75) is 19.6 Å². The summed E-state index contributed by atoms with van der Waals surface area (Å²) in [6.45, 7) is 2.37. The summed E-state index contributed by atoms with van der Waals surface area (Å²) in [5.74, 6) is 1.83. The monoisotopic (exact) mass is 384 g/mol. The van der Waals surface area contributed by atoms with Gasteiger partial charge in [-0.2, -0.15) is 0 Å². The second-order valence-electron chi connectivity index (χ2n) is 7.01. The molecule has 0 radical (unpaired) electrons. The van der Waals surface area contributed by atoms with Gasteiger partial charge in [-0.15, -0.1) is 0 Å². The Kier molecular flexibility index (Phi) is 6.03. The summed E-state index contributed by atoms with van der Waals surface area (Å²) in [7, 11) is 1.69. The average molecular weight is 384 g/mol. The molecule has 146 valence electrons. The van der Waals surface area contributed by atoms with Gasteiger partial charge in [0.05, 0.1) is 19.9 Å². The number of nitrogens with zero attached hydrogens (tertiary/aromatic N) is 2. The van der Waals surface area contributed by atoms with E-state index in [1.165, 1.54) is 22.3 Å². The lowest BCUT2D eigenvalue weighted by Crippen LogP contribution is -2.22. The van der Waals surface area contributed by atoms with Crippen molar-refractivity contribution < 1.29 is 9.15 Å². The molecule has 29 heavy (non-hydrogen) atoms. The first-order valence-electron chi connectivity index (χ1n) is 9.67. The van der Waals surface area contributed by atoms with Crippen LogP contribution in [0.2, 0.25) is 0 Å². The SMILES string of the molecule is COc1ccc(-c2cccc(CN(Cc3cccnc3)Cc3ccco3)c2)cc1. The van der Waals surface area contributed by atoms with Gasteiger partial charge in [0, 0.05) is 25.5 Å². The lowest BCUT2D eigenvalue weighted by molar-refractivity contribution is 0.226. The van der Waals surface area contributed by atoms with Crippen LogP contribution in [0.15, 0.2) is 95.9 Å². The van der Waals surface area contributed by atoms with Gasteiger partial charge in [-0.3, -0.25) is 9.88 Å². The molecule has 4 heteroatoms. The minimum absolute atomic E-state index is 0.745. The molecule has 0 unspecified atom stereocenters. The number of rotatable bonds is 8. The van der Waals surface area contributed by atoms with E-state index in [0.29, 0.717) is 0 Å². The third-order valence-corrected chi connectivity index (χ3v) is 4.85. The van der Waals surface area contributed by atoms with Crippen molar-refractivity contribution >= 4 is 0 Å². The highest BCUT2D eigenvalue weighted by molar-refractivity contribution is 5.64. The normalized spacial score (nSPS) is 11.0. The number of methoxy groups -OCH3 is 1. The molecule has 2 aromatic heterocycles. The largest absolute Gasteiger partial charge is 0.497 e. The molecule has 0 bridgehead atoms. The Morgan fingerprint density at radius 1 is 0.828 bits per heavy atom. The zero-order valence-corrected chi connectivity index (χ0v) is 16.5. The molecule has 0 saturated heterocycles. The second-order valence-corrected chi connectivity index (χ2v) is 7.01. The van der Waals surface area contributed by atoms with E-state index in [1.807, 2.05) is 36.5 Å². The second kappa shape index (κ2) is 9.22. The topological polar surface area (TPSA) is 38.5 Å². The van der Waals surface area contributed by atoms with E-state index in [-0.39, 0.29) is 0 Å². The standard InChI is InChI=1S/C25H24N2O2/c1-28-24-11-9-22(10-12-24)23-7-2-5-20(15-23)17-27(19-25-8-4-14-29-25)18-21-6-3-13-26-16-21/h2-16H,17-19H2,1H3. The third kappa shape index (κ3) is 5.12. The van der Waals surface area contributed by atoms with Gasteiger partial charge in [0.25, 0.3) is 0 Å². The van der Waals surface area contributed by atoms with Crippen molar-refractivity contribution in [2.75, 3.05) is 7.11 Å². The van der Waals surface area contributed by atoms with Crippen LogP contribution in [-0.4, -0.2) is 17.0 Å². The van der Waals surface area contributed by atoms with E-state index in [9.17, 15) is 0 Å². The van der Waals surface area contributed by atoms with Crippen molar-refractivity contribution in [1.82, 2.24) is 9.88 Å². The minimum atomic E-state index is 0.745. The first-order valence-corrected chi connectivity index (χ1v) is 9.67. The molecule has 0 atom stereocenters. The van der Waals surface area contributed by atoms with Crippen LogP contribution in [0.4, 0.5) is 0 Å². The molecular weight excluding hydrogens is 360 g/mol. The quantitative estimate of drug-likeness (QED) is 0.399. The molecule has 0 saturated carbocycles. The van der Waals surface area contributed by atoms with Crippen LogP contribution >= 0.6 is 0 Å². The predicted molar refractivity (Wildman–Crippen MR) is 114 cm³/mol. The number of furan rings is 1. The lowest BCUT2D eigenvalue weighted by atomic mass is 10.0. The van der Waals surface area contributed by atoms with Crippen molar-refractivity contribution in [3.8, 4) is 16.9 Å². The molecule has 0 N–H and O–H groups in total. The van der Waals surface area contributed by atoms with Crippen molar-refractivity contribution in [3.63, 3.8) is 0 Å². The van der Waals surface area contributed by atoms with Crippen molar-refractivity contribution in [3.05, 3.63) is 108 Å². The fourth-order valence-corrected chi connectivity index (χ4v) is 3.43. The first kappa shape index (κ1) is 19.0. The maximum absolute atomic E-state index is 5.59. The van der Waals surface area contributed by atoms with Gasteiger partial charge in [0.2, 0.25) is 0 Å². The summed E-state index contributed by atoms with van der Waals surface area (Å²) in [4.78, 5) is 6.61. The minimum Gasteiger partial charge on any atom is -0.497 e. The van der Waals surface area contributed by atoms with Crippen LogP contribution in [0.5, 0.6) is 5.75 Å². The lowest BCUT2D eigenvalue weighted by Gasteiger charge is -2.22. The van der Waals surface area contributed by atoms with Crippen LogP contribution in [0.3, 0.4) is 0 Å². The summed E-state index contributed by atoms with van der Waals surface area (Å²) >= 11 is 0. The van der Waals surface area contributed by atoms with Gasteiger partial charge in [0.15, 0.2) is 0 Å². The smallest absolute Gasteiger partial charge is 0.118 e. The van der Waals surface area contributed by atoms with Crippen LogP contribution in [0.1, 0.15) is 16.9 Å². The number of pyridine rings is 1. The van der Waals surface area contributed by atoms with Crippen molar-refractivity contribution in [2.24, 2.45) is 0 Å². The van der Waals surface area contributed by atoms with Gasteiger partial charge >= 0.3 is 0 Å². The molecule has 0 spiro atoms. The number of hydrogen-bond acceptors (Lipinski definition) is 4. The molecule has 0 aliphatic carbocycles. The number of benzene rings is 2. The highest BCUT2D eigenvalue weighted by Crippen LogP contribution is 2.24. The summed E-state index contributed by atoms with van der Waals surface area (Å²) in [5, 5.41) is 0. The van der Waals surface area contributed by atoms with Gasteiger partial charge in [-0.25, -0.2) is 0 Å². The van der Waals surface area contributed by atoms with Crippen LogP contribution in [-0.2, 0) is 19.6 Å². The van der Waals surface area contributed by atoms with E-state index in [0.717, 1.165) is 31.1 Å². The Hall–Kier alpha value is -3.37. The highest BCUT2D eigenvalue weighted by atomic mass is 16.5. The molecule has 0 aliphatic rings. The summed E-state index contributed by atoms with van der Waals surface area (Å²) < 4.78 is 10.9. The number of aromatic nitrogens is 1. The number of hydrogen-bond donors (Lipinski definition) is 0. The van der Waals surface area contributed by atoms with Gasteiger partial charge in [0.1, 0.15) is 11.5 Å². The van der Waals surface area contributed by atoms with Gasteiger partial charge in [-0.1, -0.05) is 36.4 Å². The van der Waals surface area contributed by atoms with E-state index >= 15 is 0 Å². The van der Waals surface area contributed by atoms with Crippen LogP contribution < -0.4 is 4.74 Å². The van der Waals surface area contributed by atoms with Gasteiger partial charge < -0.3 is 9.15 Å². The molecule has 2 heterocycles. The molecule has 2 aromatic carbocycles. The fourth-order valence-electron chi connectivity index (χ4n) is 3.43. The molecule has 4 rings (SSSR count). The molecule has 4 aromatic rings. The molecular formula is C25H24N2O2. The average Bonchev–Trinajstić information content (AvgIpc) is 3.28. The highest BCUT2D eigenvalue weighted by Gasteiger charge is 2.11. The Bertz CT molecular complexity index is 1010. The number of ether oxygens (including phenoxy) is 1. The van der Waals surface area contributed by atoms with E-state index in [2.05, 4.69) is 52.3 Å². The predicted octanol–water partition coefficient (Wildman–Crippen LogP) is 5.55. The maximum atomic E-state index is 5.59. The summed E-state index contributed by atoms with van der Waals surface area (Å²) in [6.07, 6.45) is 5.45. The molecule has 0 aliphatic heterocycles. The van der Waals surface area contributed by atoms with E-state index in [1.54, 1.807) is 19.6 Å². The summed E-state index contributed by atoms with van der Waals surface area (Å²) in [6, 6.07) is 24.9. The first-order chi connectivity index (χ1) is 14.3. The zero-order chi connectivity index (χ0) is 19.9. The maximum Gasteiger partial charge on any atom is 0.118 e. The third-order valence-electron chi connectivity index (χ3n) is 4.85. The molecule has 0 fully saturated rings. The Morgan fingerprint density at radius 2 is 1.66 bits per heavy atom. The van der Waals surface area contributed by atoms with E-state index < -0.39 is 0 Å². The Labute approximate surface area is 171 Å². The Balaban J connectivity index is 1.54. The zero-order valence-electron chi connectivity index (χ0n) is 16.5. The Morgan fingerprint density at radius 3 is 2.38 bits per heavy atom. The summed E-state index contributed by atoms with van der Waals surface area (Å²) in [5.41, 5.74) is 4.82. The van der Waals surface area contributed by atoms with Crippen LogP contribution in [0.25, 0.3) is 11.1 Å². The molecule has 0 amide bonds. The molecule has 4 nitrogen and oxygen atoms in total. The fraction of sp³-hybridized carbons (Fsp3) is 0.160. The van der Waals surface area contributed by atoms with Crippen LogP contribution in [0, 0.1) is 0 Å². The van der Waals surface area contributed by atoms with Gasteiger partial charge in [-0.05, 0) is 58.7 Å². The van der Waals surface area contributed by atoms with Crippen molar-refractivity contribution in [1.29, 1.82) is 0 Å². The van der Waals surface area contributed by atoms with E-state index in [4.69, 9.17) is 9.15 Å².